The number of hydrazine groups is 1. The molecule has 1 saturated heterocycles. The summed E-state index contributed by atoms with van der Waals surface area (Å²) in [5, 5.41) is 2.21. The van der Waals surface area contributed by atoms with Crippen molar-refractivity contribution in [3.63, 3.8) is 0 Å². The first-order valence-electron chi connectivity index (χ1n) is 8.70. The summed E-state index contributed by atoms with van der Waals surface area (Å²) >= 11 is 7.26. The number of benzene rings is 1. The first-order chi connectivity index (χ1) is 13.5. The number of carbonyl (C=O) groups is 2. The predicted octanol–water partition coefficient (Wildman–Crippen LogP) is 2.50. The van der Waals surface area contributed by atoms with Gasteiger partial charge in [0, 0.05) is 29.0 Å². The fourth-order valence-corrected chi connectivity index (χ4v) is 4.13. The molecule has 28 heavy (non-hydrogen) atoms. The van der Waals surface area contributed by atoms with Gasteiger partial charge in [-0.2, -0.15) is 0 Å². The number of aryl methyl sites for hydroxylation is 1. The van der Waals surface area contributed by atoms with Crippen molar-refractivity contribution in [3.8, 4) is 0 Å². The lowest BCUT2D eigenvalue weighted by Gasteiger charge is -2.25. The van der Waals surface area contributed by atoms with Crippen molar-refractivity contribution in [2.24, 2.45) is 0 Å². The van der Waals surface area contributed by atoms with Gasteiger partial charge in [-0.05, 0) is 25.1 Å². The highest BCUT2D eigenvalue weighted by Crippen LogP contribution is 2.26. The van der Waals surface area contributed by atoms with Gasteiger partial charge in [-0.15, -0.1) is 0 Å². The Morgan fingerprint density at radius 3 is 2.75 bits per heavy atom. The minimum atomic E-state index is -0.448. The second-order valence-corrected chi connectivity index (χ2v) is 7.75. The summed E-state index contributed by atoms with van der Waals surface area (Å²) in [5.74, 6) is -0.849. The maximum Gasteiger partial charge on any atom is 0.286 e. The lowest BCUT2D eigenvalue weighted by atomic mass is 10.2. The number of aromatic amines is 1. The maximum absolute atomic E-state index is 12.5. The van der Waals surface area contributed by atoms with Crippen LogP contribution >= 0.6 is 22.9 Å². The molecule has 3 aromatic rings. The molecule has 8 nitrogen and oxygen atoms in total. The number of hydrogen-bond acceptors (Lipinski definition) is 6. The Bertz CT molecular complexity index is 1040. The molecule has 0 radical (unpaired) electrons. The lowest BCUT2D eigenvalue weighted by Crippen LogP contribution is -2.41. The third-order valence-electron chi connectivity index (χ3n) is 4.39. The highest BCUT2D eigenvalue weighted by atomic mass is 35.5. The molecule has 1 aliphatic rings. The molecule has 0 bridgehead atoms. The van der Waals surface area contributed by atoms with E-state index < -0.39 is 11.8 Å². The molecule has 0 saturated carbocycles. The number of rotatable bonds is 3. The van der Waals surface area contributed by atoms with Crippen LogP contribution in [0.4, 0.5) is 5.13 Å². The second-order valence-electron chi connectivity index (χ2n) is 6.33. The Hall–Kier alpha value is -2.62. The van der Waals surface area contributed by atoms with E-state index in [0.29, 0.717) is 34.5 Å². The van der Waals surface area contributed by atoms with E-state index in [2.05, 4.69) is 25.7 Å². The molecular formula is C18H18ClN5O3S. The zero-order chi connectivity index (χ0) is 19.7. The fourth-order valence-electron chi connectivity index (χ4n) is 2.94. The maximum atomic E-state index is 12.5. The van der Waals surface area contributed by atoms with Crippen molar-refractivity contribution in [1.82, 2.24) is 20.8 Å². The second kappa shape index (κ2) is 7.78. The first-order valence-corrected chi connectivity index (χ1v) is 9.90. The molecule has 4 rings (SSSR count). The van der Waals surface area contributed by atoms with E-state index in [1.807, 2.05) is 6.07 Å². The minimum absolute atomic E-state index is 0.326. The van der Waals surface area contributed by atoms with E-state index in [4.69, 9.17) is 16.3 Å². The van der Waals surface area contributed by atoms with Gasteiger partial charge < -0.3 is 14.6 Å². The molecule has 1 aromatic carbocycles. The Morgan fingerprint density at radius 1 is 1.21 bits per heavy atom. The minimum Gasteiger partial charge on any atom is -0.378 e. The van der Waals surface area contributed by atoms with Gasteiger partial charge in [0.1, 0.15) is 10.6 Å². The number of ether oxygens (including phenoxy) is 1. The van der Waals surface area contributed by atoms with Crippen molar-refractivity contribution in [2.75, 3.05) is 31.2 Å². The van der Waals surface area contributed by atoms with Crippen LogP contribution in [0.2, 0.25) is 5.02 Å². The molecule has 1 aliphatic heterocycles. The summed E-state index contributed by atoms with van der Waals surface area (Å²) < 4.78 is 5.34. The summed E-state index contributed by atoms with van der Waals surface area (Å²) in [4.78, 5) is 34.8. The van der Waals surface area contributed by atoms with Crippen LogP contribution in [-0.4, -0.2) is 48.1 Å². The number of anilines is 1. The topological polar surface area (TPSA) is 99.3 Å². The number of hydrogen-bond donors (Lipinski definition) is 3. The molecule has 0 aliphatic carbocycles. The summed E-state index contributed by atoms with van der Waals surface area (Å²) in [6.07, 6.45) is 0. The molecule has 0 unspecified atom stereocenters. The number of amides is 2. The van der Waals surface area contributed by atoms with E-state index in [9.17, 15) is 9.59 Å². The van der Waals surface area contributed by atoms with E-state index >= 15 is 0 Å². The third kappa shape index (κ3) is 3.82. The molecule has 10 heteroatoms. The summed E-state index contributed by atoms with van der Waals surface area (Å²) in [6.45, 7) is 4.56. The molecule has 0 spiro atoms. The quantitative estimate of drug-likeness (QED) is 0.566. The fraction of sp³-hybridized carbons (Fsp3) is 0.278. The van der Waals surface area contributed by atoms with Crippen LogP contribution in [0.1, 0.15) is 25.9 Å². The number of thiazole rings is 1. The van der Waals surface area contributed by atoms with Crippen LogP contribution < -0.4 is 15.8 Å². The van der Waals surface area contributed by atoms with Gasteiger partial charge in [-0.3, -0.25) is 20.4 Å². The van der Waals surface area contributed by atoms with Crippen molar-refractivity contribution < 1.29 is 14.3 Å². The van der Waals surface area contributed by atoms with Crippen LogP contribution in [0.25, 0.3) is 10.9 Å². The monoisotopic (exact) mass is 419 g/mol. The molecule has 3 heterocycles. The summed E-state index contributed by atoms with van der Waals surface area (Å²) in [7, 11) is 0. The van der Waals surface area contributed by atoms with Gasteiger partial charge in [-0.25, -0.2) is 4.98 Å². The largest absolute Gasteiger partial charge is 0.378 e. The van der Waals surface area contributed by atoms with Crippen molar-refractivity contribution in [3.05, 3.63) is 45.6 Å². The van der Waals surface area contributed by atoms with Crippen LogP contribution in [0.5, 0.6) is 0 Å². The molecule has 0 atom stereocenters. The zero-order valence-electron chi connectivity index (χ0n) is 15.0. The number of halogens is 1. The van der Waals surface area contributed by atoms with Gasteiger partial charge in [0.2, 0.25) is 0 Å². The molecular weight excluding hydrogens is 402 g/mol. The van der Waals surface area contributed by atoms with Gasteiger partial charge in [-0.1, -0.05) is 29.0 Å². The number of nitrogens with one attached hydrogen (secondary N) is 3. The van der Waals surface area contributed by atoms with Crippen LogP contribution in [0, 0.1) is 6.92 Å². The summed E-state index contributed by atoms with van der Waals surface area (Å²) in [6, 6.07) is 7.00. The Kier molecular flexibility index (Phi) is 5.21. The summed E-state index contributed by atoms with van der Waals surface area (Å²) in [5.41, 5.74) is 6.58. The number of fused-ring (bicyclic) bond motifs is 1. The number of H-pyrrole nitrogens is 1. The van der Waals surface area contributed by atoms with Crippen molar-refractivity contribution >= 4 is 50.8 Å². The Labute approximate surface area is 169 Å². The van der Waals surface area contributed by atoms with E-state index in [0.717, 1.165) is 29.1 Å². The Morgan fingerprint density at radius 2 is 1.96 bits per heavy atom. The lowest BCUT2D eigenvalue weighted by molar-refractivity contribution is 0.0846. The van der Waals surface area contributed by atoms with Crippen LogP contribution in [0.15, 0.2) is 24.3 Å². The van der Waals surface area contributed by atoms with Gasteiger partial charge >= 0.3 is 0 Å². The molecule has 3 N–H and O–H groups in total. The predicted molar refractivity (Wildman–Crippen MR) is 108 cm³/mol. The molecule has 2 aromatic heterocycles. The number of aromatic nitrogens is 2. The highest BCUT2D eigenvalue weighted by molar-refractivity contribution is 7.17. The molecule has 2 amide bonds. The van der Waals surface area contributed by atoms with Gasteiger partial charge in [0.05, 0.1) is 18.9 Å². The first kappa shape index (κ1) is 18.7. The molecule has 146 valence electrons. The van der Waals surface area contributed by atoms with Gasteiger partial charge in [0.15, 0.2) is 5.13 Å². The highest BCUT2D eigenvalue weighted by Gasteiger charge is 2.21. The third-order valence-corrected chi connectivity index (χ3v) is 5.84. The zero-order valence-corrected chi connectivity index (χ0v) is 16.6. The van der Waals surface area contributed by atoms with E-state index in [1.54, 1.807) is 25.1 Å². The van der Waals surface area contributed by atoms with Crippen LogP contribution in [0.3, 0.4) is 0 Å². The Balaban J connectivity index is 1.42. The number of morpholine rings is 1. The average Bonchev–Trinajstić information content (AvgIpc) is 3.29. The van der Waals surface area contributed by atoms with Gasteiger partial charge in [0.25, 0.3) is 11.8 Å². The van der Waals surface area contributed by atoms with E-state index in [-0.39, 0.29) is 0 Å². The number of carbonyl (C=O) groups excluding carboxylic acids is 2. The van der Waals surface area contributed by atoms with Crippen LogP contribution in [-0.2, 0) is 4.74 Å². The smallest absolute Gasteiger partial charge is 0.286 e. The average molecular weight is 420 g/mol. The normalized spacial score (nSPS) is 14.3. The molecule has 1 fully saturated rings. The van der Waals surface area contributed by atoms with Crippen molar-refractivity contribution in [2.45, 2.75) is 6.92 Å². The standard InChI is InChI=1S/C18H18ClN5O3S/c1-10-15(28-18(20-10)24-4-6-27-7-5-24)17(26)23-22-16(25)14-8-11-2-3-12(19)9-13(11)21-14/h2-3,8-9,21H,4-7H2,1H3,(H,22,25)(H,23,26). The van der Waals surface area contributed by atoms with Crippen molar-refractivity contribution in [1.29, 1.82) is 0 Å². The van der Waals surface area contributed by atoms with E-state index in [1.165, 1.54) is 11.3 Å². The number of nitrogens with zero attached hydrogens (tertiary/aromatic N) is 2. The SMILES string of the molecule is Cc1nc(N2CCOCC2)sc1C(=O)NNC(=O)c1cc2ccc(Cl)cc2[nH]1.